The highest BCUT2D eigenvalue weighted by molar-refractivity contribution is 5.26. The topological polar surface area (TPSA) is 29.3 Å². The SMILES string of the molecule is CC1CCC(N(C)C(CN)c2ccc(C(F)F)cc2)CC1. The number of hydrogen-bond acceptors (Lipinski definition) is 2. The first-order valence-corrected chi connectivity index (χ1v) is 7.83. The van der Waals surface area contributed by atoms with E-state index in [2.05, 4.69) is 18.9 Å². The molecule has 0 spiro atoms. The lowest BCUT2D eigenvalue weighted by Crippen LogP contribution is -2.40. The summed E-state index contributed by atoms with van der Waals surface area (Å²) in [5.41, 5.74) is 7.05. The zero-order valence-electron chi connectivity index (χ0n) is 12.9. The minimum absolute atomic E-state index is 0.0728. The summed E-state index contributed by atoms with van der Waals surface area (Å²) in [6.45, 7) is 2.82. The standard InChI is InChI=1S/C17H26F2N2/c1-12-3-9-15(10-4-12)21(2)16(11-20)13-5-7-14(8-6-13)17(18)19/h5-8,12,15-17H,3-4,9-11,20H2,1-2H3. The Morgan fingerprint density at radius 1 is 1.10 bits per heavy atom. The summed E-state index contributed by atoms with van der Waals surface area (Å²) in [5, 5.41) is 0. The van der Waals surface area contributed by atoms with E-state index < -0.39 is 6.43 Å². The maximum Gasteiger partial charge on any atom is 0.263 e. The molecule has 1 aromatic carbocycles. The van der Waals surface area contributed by atoms with Gasteiger partial charge < -0.3 is 5.73 Å². The van der Waals surface area contributed by atoms with E-state index in [0.29, 0.717) is 12.6 Å². The van der Waals surface area contributed by atoms with Gasteiger partial charge in [0, 0.05) is 24.2 Å². The number of hydrogen-bond donors (Lipinski definition) is 1. The molecule has 2 N–H and O–H groups in total. The molecule has 4 heteroatoms. The third-order valence-corrected chi connectivity index (χ3v) is 4.85. The molecular formula is C17H26F2N2. The molecule has 2 rings (SSSR count). The smallest absolute Gasteiger partial charge is 0.263 e. The lowest BCUT2D eigenvalue weighted by molar-refractivity contribution is 0.126. The average Bonchev–Trinajstić information content (AvgIpc) is 2.49. The van der Waals surface area contributed by atoms with Crippen LogP contribution >= 0.6 is 0 Å². The molecule has 0 aromatic heterocycles. The van der Waals surface area contributed by atoms with Gasteiger partial charge in [-0.3, -0.25) is 4.90 Å². The Bertz CT molecular complexity index is 425. The van der Waals surface area contributed by atoms with Crippen LogP contribution in [0.1, 0.15) is 56.2 Å². The fourth-order valence-corrected chi connectivity index (χ4v) is 3.31. The van der Waals surface area contributed by atoms with Crippen LogP contribution in [0.15, 0.2) is 24.3 Å². The van der Waals surface area contributed by atoms with Gasteiger partial charge in [-0.05, 0) is 44.2 Å². The molecule has 1 unspecified atom stereocenters. The second-order valence-electron chi connectivity index (χ2n) is 6.30. The van der Waals surface area contributed by atoms with E-state index in [1.165, 1.54) is 37.8 Å². The summed E-state index contributed by atoms with van der Waals surface area (Å²) in [7, 11) is 2.11. The van der Waals surface area contributed by atoms with Crippen LogP contribution in [-0.4, -0.2) is 24.5 Å². The molecule has 21 heavy (non-hydrogen) atoms. The zero-order valence-corrected chi connectivity index (χ0v) is 12.9. The van der Waals surface area contributed by atoms with Crippen LogP contribution in [0.4, 0.5) is 8.78 Å². The van der Waals surface area contributed by atoms with E-state index in [4.69, 9.17) is 5.73 Å². The molecule has 0 aliphatic heterocycles. The molecule has 1 fully saturated rings. The number of nitrogens with zero attached hydrogens (tertiary/aromatic N) is 1. The van der Waals surface area contributed by atoms with E-state index >= 15 is 0 Å². The molecule has 0 saturated heterocycles. The Morgan fingerprint density at radius 2 is 1.62 bits per heavy atom. The van der Waals surface area contributed by atoms with Crippen molar-refractivity contribution in [3.8, 4) is 0 Å². The zero-order chi connectivity index (χ0) is 15.4. The lowest BCUT2D eigenvalue weighted by atomic mass is 9.86. The fraction of sp³-hybridized carbons (Fsp3) is 0.647. The summed E-state index contributed by atoms with van der Waals surface area (Å²) in [6, 6.07) is 7.26. The summed E-state index contributed by atoms with van der Waals surface area (Å²) in [5.74, 6) is 0.816. The van der Waals surface area contributed by atoms with Crippen molar-refractivity contribution in [2.45, 2.75) is 51.1 Å². The van der Waals surface area contributed by atoms with Crippen LogP contribution in [0.2, 0.25) is 0 Å². The van der Waals surface area contributed by atoms with Crippen molar-refractivity contribution in [1.82, 2.24) is 4.90 Å². The van der Waals surface area contributed by atoms with Gasteiger partial charge in [0.15, 0.2) is 0 Å². The van der Waals surface area contributed by atoms with E-state index in [-0.39, 0.29) is 11.6 Å². The van der Waals surface area contributed by atoms with E-state index in [1.54, 1.807) is 12.1 Å². The molecule has 0 amide bonds. The van der Waals surface area contributed by atoms with Gasteiger partial charge in [0.25, 0.3) is 6.43 Å². The van der Waals surface area contributed by atoms with Crippen LogP contribution in [0.3, 0.4) is 0 Å². The Hall–Kier alpha value is -1.00. The molecule has 0 bridgehead atoms. The summed E-state index contributed by atoms with van der Waals surface area (Å²) < 4.78 is 25.3. The Labute approximate surface area is 126 Å². The normalized spacial score (nSPS) is 24.5. The van der Waals surface area contributed by atoms with Gasteiger partial charge >= 0.3 is 0 Å². The first kappa shape index (κ1) is 16.4. The number of benzene rings is 1. The highest BCUT2D eigenvalue weighted by Gasteiger charge is 2.26. The molecule has 1 atom stereocenters. The largest absolute Gasteiger partial charge is 0.329 e. The monoisotopic (exact) mass is 296 g/mol. The first-order chi connectivity index (χ1) is 10.0. The van der Waals surface area contributed by atoms with Crippen molar-refractivity contribution < 1.29 is 8.78 Å². The van der Waals surface area contributed by atoms with Crippen LogP contribution in [0, 0.1) is 5.92 Å². The van der Waals surface area contributed by atoms with Gasteiger partial charge in [-0.15, -0.1) is 0 Å². The Kier molecular flexibility index (Phi) is 5.71. The number of nitrogens with two attached hydrogens (primary N) is 1. The highest BCUT2D eigenvalue weighted by atomic mass is 19.3. The molecule has 1 aliphatic carbocycles. The third-order valence-electron chi connectivity index (χ3n) is 4.85. The molecule has 1 saturated carbocycles. The van der Waals surface area contributed by atoms with Crippen molar-refractivity contribution in [2.24, 2.45) is 11.7 Å². The summed E-state index contributed by atoms with van der Waals surface area (Å²) in [4.78, 5) is 2.34. The second-order valence-corrected chi connectivity index (χ2v) is 6.30. The molecule has 1 aliphatic rings. The average molecular weight is 296 g/mol. The number of rotatable bonds is 5. The quantitative estimate of drug-likeness (QED) is 0.885. The predicted molar refractivity (Wildman–Crippen MR) is 82.4 cm³/mol. The van der Waals surface area contributed by atoms with E-state index in [0.717, 1.165) is 11.5 Å². The number of likely N-dealkylation sites (N-methyl/N-ethyl adjacent to an activating group) is 1. The Morgan fingerprint density at radius 3 is 2.10 bits per heavy atom. The van der Waals surface area contributed by atoms with Gasteiger partial charge in [-0.1, -0.05) is 31.2 Å². The van der Waals surface area contributed by atoms with Gasteiger partial charge in [0.2, 0.25) is 0 Å². The molecule has 118 valence electrons. The van der Waals surface area contributed by atoms with E-state index in [1.807, 2.05) is 0 Å². The van der Waals surface area contributed by atoms with Gasteiger partial charge in [-0.25, -0.2) is 8.78 Å². The van der Waals surface area contributed by atoms with Gasteiger partial charge in [0.05, 0.1) is 0 Å². The fourth-order valence-electron chi connectivity index (χ4n) is 3.31. The van der Waals surface area contributed by atoms with Crippen molar-refractivity contribution in [3.05, 3.63) is 35.4 Å². The minimum Gasteiger partial charge on any atom is -0.329 e. The van der Waals surface area contributed by atoms with Crippen molar-refractivity contribution in [3.63, 3.8) is 0 Å². The maximum atomic E-state index is 12.6. The molecular weight excluding hydrogens is 270 g/mol. The van der Waals surface area contributed by atoms with Gasteiger partial charge in [-0.2, -0.15) is 0 Å². The Balaban J connectivity index is 2.07. The van der Waals surface area contributed by atoms with Crippen LogP contribution in [-0.2, 0) is 0 Å². The third kappa shape index (κ3) is 4.01. The van der Waals surface area contributed by atoms with Gasteiger partial charge in [0.1, 0.15) is 0 Å². The number of alkyl halides is 2. The minimum atomic E-state index is -2.41. The molecule has 0 heterocycles. The van der Waals surface area contributed by atoms with E-state index in [9.17, 15) is 8.78 Å². The molecule has 0 radical (unpaired) electrons. The second kappa shape index (κ2) is 7.32. The van der Waals surface area contributed by atoms with Crippen molar-refractivity contribution >= 4 is 0 Å². The van der Waals surface area contributed by atoms with Crippen LogP contribution < -0.4 is 5.73 Å². The summed E-state index contributed by atoms with van der Waals surface area (Å²) >= 11 is 0. The highest BCUT2D eigenvalue weighted by Crippen LogP contribution is 2.31. The van der Waals surface area contributed by atoms with Crippen LogP contribution in [0.25, 0.3) is 0 Å². The molecule has 2 nitrogen and oxygen atoms in total. The first-order valence-electron chi connectivity index (χ1n) is 7.83. The van der Waals surface area contributed by atoms with Crippen molar-refractivity contribution in [1.29, 1.82) is 0 Å². The van der Waals surface area contributed by atoms with Crippen LogP contribution in [0.5, 0.6) is 0 Å². The number of halogens is 2. The van der Waals surface area contributed by atoms with Crippen molar-refractivity contribution in [2.75, 3.05) is 13.6 Å². The summed E-state index contributed by atoms with van der Waals surface area (Å²) in [6.07, 6.45) is 2.51. The molecule has 1 aromatic rings. The predicted octanol–water partition coefficient (Wildman–Crippen LogP) is 4.13. The maximum absolute atomic E-state index is 12.6. The lowest BCUT2D eigenvalue weighted by Gasteiger charge is -2.38.